The largest absolute Gasteiger partial charge is 0.379 e. The van der Waals surface area contributed by atoms with Gasteiger partial charge in [0.05, 0.1) is 19.8 Å². The van der Waals surface area contributed by atoms with Gasteiger partial charge in [0.1, 0.15) is 5.82 Å². The van der Waals surface area contributed by atoms with Crippen LogP contribution in [0.4, 0.5) is 0 Å². The van der Waals surface area contributed by atoms with E-state index in [4.69, 9.17) is 9.72 Å². The number of hydrogen-bond acceptors (Lipinski definition) is 5. The van der Waals surface area contributed by atoms with Gasteiger partial charge in [0, 0.05) is 38.2 Å². The second-order valence-electron chi connectivity index (χ2n) is 7.01. The van der Waals surface area contributed by atoms with Gasteiger partial charge >= 0.3 is 5.69 Å². The second-order valence-corrected chi connectivity index (χ2v) is 7.92. The zero-order valence-corrected chi connectivity index (χ0v) is 17.5. The van der Waals surface area contributed by atoms with Gasteiger partial charge in [-0.15, -0.1) is 0 Å². The van der Waals surface area contributed by atoms with Crippen molar-refractivity contribution in [1.29, 1.82) is 0 Å². The van der Waals surface area contributed by atoms with Crippen molar-refractivity contribution in [2.75, 3.05) is 26.3 Å². The fraction of sp³-hybridized carbons (Fsp3) is 0.421. The highest BCUT2D eigenvalue weighted by Crippen LogP contribution is 2.18. The van der Waals surface area contributed by atoms with Gasteiger partial charge in [0.15, 0.2) is 11.2 Å². The van der Waals surface area contributed by atoms with Crippen LogP contribution in [-0.2, 0) is 31.9 Å². The third kappa shape index (κ3) is 3.45. The summed E-state index contributed by atoms with van der Waals surface area (Å²) in [6, 6.07) is 7.98. The lowest BCUT2D eigenvalue weighted by Gasteiger charge is -2.26. The van der Waals surface area contributed by atoms with Gasteiger partial charge in [-0.25, -0.2) is 9.78 Å². The molecule has 0 radical (unpaired) electrons. The van der Waals surface area contributed by atoms with Crippen LogP contribution in [-0.4, -0.2) is 49.9 Å². The third-order valence-electron chi connectivity index (χ3n) is 5.15. The van der Waals surface area contributed by atoms with E-state index in [0.717, 1.165) is 33.5 Å². The molecule has 1 aliphatic heterocycles. The Morgan fingerprint density at radius 3 is 2.39 bits per heavy atom. The Bertz CT molecular complexity index is 1120. The molecule has 0 bridgehead atoms. The Kier molecular flexibility index (Phi) is 5.22. The molecule has 4 rings (SSSR count). The predicted molar refractivity (Wildman–Crippen MR) is 110 cm³/mol. The van der Waals surface area contributed by atoms with Crippen LogP contribution in [0.1, 0.15) is 11.4 Å². The molecule has 1 fully saturated rings. The molecule has 0 amide bonds. The highest BCUT2D eigenvalue weighted by molar-refractivity contribution is 9.10. The third-order valence-corrected chi connectivity index (χ3v) is 5.68. The number of hydrogen-bond donors (Lipinski definition) is 0. The monoisotopic (exact) mass is 447 g/mol. The van der Waals surface area contributed by atoms with Crippen molar-refractivity contribution >= 4 is 27.1 Å². The zero-order chi connectivity index (χ0) is 19.8. The van der Waals surface area contributed by atoms with Crippen molar-refractivity contribution in [3.05, 3.63) is 61.0 Å². The minimum Gasteiger partial charge on any atom is -0.379 e. The summed E-state index contributed by atoms with van der Waals surface area (Å²) in [7, 11) is 3.16. The lowest BCUT2D eigenvalue weighted by Crippen LogP contribution is -2.38. The number of benzene rings is 1. The zero-order valence-electron chi connectivity index (χ0n) is 15.9. The highest BCUT2D eigenvalue weighted by Gasteiger charge is 2.21. The van der Waals surface area contributed by atoms with Crippen molar-refractivity contribution < 1.29 is 4.74 Å². The second kappa shape index (κ2) is 7.65. The van der Waals surface area contributed by atoms with Gasteiger partial charge in [-0.1, -0.05) is 28.1 Å². The molecule has 28 heavy (non-hydrogen) atoms. The fourth-order valence-corrected chi connectivity index (χ4v) is 3.78. The molecule has 3 heterocycles. The van der Waals surface area contributed by atoms with Crippen LogP contribution in [0.15, 0.2) is 38.3 Å². The summed E-state index contributed by atoms with van der Waals surface area (Å²) in [5, 5.41) is 0. The average Bonchev–Trinajstić information content (AvgIpc) is 3.05. The Labute approximate surface area is 170 Å². The summed E-state index contributed by atoms with van der Waals surface area (Å²) < 4.78 is 11.0. The fourth-order valence-electron chi connectivity index (χ4n) is 3.51. The van der Waals surface area contributed by atoms with E-state index in [0.29, 0.717) is 37.5 Å². The maximum Gasteiger partial charge on any atom is 0.332 e. The first-order chi connectivity index (χ1) is 13.5. The van der Waals surface area contributed by atoms with Crippen LogP contribution < -0.4 is 11.2 Å². The van der Waals surface area contributed by atoms with E-state index < -0.39 is 0 Å². The lowest BCUT2D eigenvalue weighted by molar-refractivity contribution is 0.0327. The van der Waals surface area contributed by atoms with Crippen molar-refractivity contribution in [1.82, 2.24) is 23.6 Å². The van der Waals surface area contributed by atoms with Gasteiger partial charge in [0.25, 0.3) is 5.56 Å². The van der Waals surface area contributed by atoms with Gasteiger partial charge in [-0.05, 0) is 17.7 Å². The number of ether oxygens (including phenoxy) is 1. The summed E-state index contributed by atoms with van der Waals surface area (Å²) in [4.78, 5) is 32.2. The summed E-state index contributed by atoms with van der Waals surface area (Å²) in [6.45, 7) is 4.13. The molecule has 9 heteroatoms. The van der Waals surface area contributed by atoms with Crippen molar-refractivity contribution in [2.45, 2.75) is 13.1 Å². The Morgan fingerprint density at radius 2 is 1.71 bits per heavy atom. The normalized spacial score (nSPS) is 15.4. The van der Waals surface area contributed by atoms with E-state index in [1.165, 1.54) is 11.6 Å². The number of aryl methyl sites for hydroxylation is 1. The predicted octanol–water partition coefficient (Wildman–Crippen LogP) is 1.08. The topological polar surface area (TPSA) is 74.3 Å². The first kappa shape index (κ1) is 19.1. The Balaban J connectivity index is 1.87. The van der Waals surface area contributed by atoms with E-state index >= 15 is 0 Å². The maximum absolute atomic E-state index is 12.9. The van der Waals surface area contributed by atoms with Crippen LogP contribution in [0, 0.1) is 0 Å². The van der Waals surface area contributed by atoms with E-state index in [1.54, 1.807) is 7.05 Å². The number of halogens is 1. The first-order valence-electron chi connectivity index (χ1n) is 9.15. The maximum atomic E-state index is 12.9. The van der Waals surface area contributed by atoms with Crippen molar-refractivity contribution in [3.8, 4) is 0 Å². The van der Waals surface area contributed by atoms with Gasteiger partial charge < -0.3 is 9.30 Å². The van der Waals surface area contributed by atoms with Crippen molar-refractivity contribution in [2.24, 2.45) is 14.1 Å². The van der Waals surface area contributed by atoms with E-state index in [9.17, 15) is 9.59 Å². The molecule has 8 nitrogen and oxygen atoms in total. The van der Waals surface area contributed by atoms with Gasteiger partial charge in [-0.2, -0.15) is 0 Å². The number of fused-ring (bicyclic) bond motifs is 1. The average molecular weight is 448 g/mol. The van der Waals surface area contributed by atoms with Crippen LogP contribution in [0.25, 0.3) is 11.2 Å². The molecule has 0 saturated carbocycles. The van der Waals surface area contributed by atoms with Gasteiger partial charge in [-0.3, -0.25) is 18.8 Å². The number of imidazole rings is 1. The minimum atomic E-state index is -0.372. The Hall–Kier alpha value is -2.23. The number of rotatable bonds is 4. The van der Waals surface area contributed by atoms with Crippen LogP contribution >= 0.6 is 15.9 Å². The van der Waals surface area contributed by atoms with E-state index in [1.807, 2.05) is 28.8 Å². The molecule has 0 atom stereocenters. The van der Waals surface area contributed by atoms with Gasteiger partial charge in [0.2, 0.25) is 0 Å². The lowest BCUT2D eigenvalue weighted by atomic mass is 10.2. The molecule has 3 aromatic rings. The molecule has 1 saturated heterocycles. The molecule has 0 unspecified atom stereocenters. The summed E-state index contributed by atoms with van der Waals surface area (Å²) in [6.07, 6.45) is 0. The molecule has 1 aromatic carbocycles. The number of aromatic nitrogens is 4. The Morgan fingerprint density at radius 1 is 1.04 bits per heavy atom. The van der Waals surface area contributed by atoms with Crippen molar-refractivity contribution in [3.63, 3.8) is 0 Å². The first-order valence-corrected chi connectivity index (χ1v) is 9.94. The molecule has 0 aliphatic carbocycles. The molecule has 0 spiro atoms. The SMILES string of the molecule is Cn1c(=O)c2c(nc(CN3CCOCC3)n2Cc2ccc(Br)cc2)n(C)c1=O. The van der Waals surface area contributed by atoms with E-state index in [-0.39, 0.29) is 11.2 Å². The van der Waals surface area contributed by atoms with Crippen LogP contribution in [0.2, 0.25) is 0 Å². The molecule has 1 aliphatic rings. The molecule has 2 aromatic heterocycles. The van der Waals surface area contributed by atoms with Crippen LogP contribution in [0.5, 0.6) is 0 Å². The van der Waals surface area contributed by atoms with Crippen LogP contribution in [0.3, 0.4) is 0 Å². The summed E-state index contributed by atoms with van der Waals surface area (Å²) in [5.74, 6) is 0.776. The number of morpholine rings is 1. The molecule has 148 valence electrons. The number of nitrogens with zero attached hydrogens (tertiary/aromatic N) is 5. The summed E-state index contributed by atoms with van der Waals surface area (Å²) in [5.41, 5.74) is 1.24. The smallest absolute Gasteiger partial charge is 0.332 e. The standard InChI is InChI=1S/C19H22BrN5O3/c1-22-17-16(18(26)23(2)19(22)27)25(11-13-3-5-14(20)6-4-13)15(21-17)12-24-7-9-28-10-8-24/h3-6H,7-12H2,1-2H3. The highest BCUT2D eigenvalue weighted by atomic mass is 79.9. The quantitative estimate of drug-likeness (QED) is 0.597. The van der Waals surface area contributed by atoms with E-state index in [2.05, 4.69) is 20.8 Å². The summed E-state index contributed by atoms with van der Waals surface area (Å²) >= 11 is 3.45. The molecular formula is C19H22BrN5O3. The molecular weight excluding hydrogens is 426 g/mol. The molecule has 0 N–H and O–H groups in total. The minimum absolute atomic E-state index is 0.323.